The number of benzene rings is 2. The van der Waals surface area contributed by atoms with Gasteiger partial charge in [-0.2, -0.15) is 9.97 Å². The SMILES string of the molecule is Cc1cccc(Cn2cnc3c(NCC4CCCO4)nc(N4CCN(C(=O)c5cccc(Cl)c5)CC4)nc32)c1. The van der Waals surface area contributed by atoms with Crippen LogP contribution in [0.25, 0.3) is 11.2 Å². The first-order chi connectivity index (χ1) is 19.0. The van der Waals surface area contributed by atoms with E-state index in [1.54, 1.807) is 24.3 Å². The van der Waals surface area contributed by atoms with Gasteiger partial charge < -0.3 is 24.4 Å². The summed E-state index contributed by atoms with van der Waals surface area (Å²) in [5.74, 6) is 1.34. The molecular weight excluding hydrogens is 514 g/mol. The number of carbonyl (C=O) groups excluding carboxylic acids is 1. The van der Waals surface area contributed by atoms with Crippen molar-refractivity contribution in [2.45, 2.75) is 32.4 Å². The second kappa shape index (κ2) is 11.2. The molecule has 202 valence electrons. The number of hydrogen-bond acceptors (Lipinski definition) is 7. The number of halogens is 1. The molecule has 2 aliphatic rings. The molecule has 1 amide bonds. The molecule has 9 nitrogen and oxygen atoms in total. The number of aryl methyl sites for hydroxylation is 1. The van der Waals surface area contributed by atoms with Crippen molar-refractivity contribution in [2.24, 2.45) is 0 Å². The van der Waals surface area contributed by atoms with Crippen molar-refractivity contribution < 1.29 is 9.53 Å². The van der Waals surface area contributed by atoms with E-state index in [1.807, 2.05) is 11.2 Å². The van der Waals surface area contributed by atoms with Gasteiger partial charge in [0, 0.05) is 49.9 Å². The lowest BCUT2D eigenvalue weighted by molar-refractivity contribution is 0.0746. The fourth-order valence-corrected chi connectivity index (χ4v) is 5.44. The van der Waals surface area contributed by atoms with Crippen LogP contribution in [0.4, 0.5) is 11.8 Å². The molecule has 1 unspecified atom stereocenters. The van der Waals surface area contributed by atoms with Gasteiger partial charge in [0.05, 0.1) is 19.0 Å². The van der Waals surface area contributed by atoms with Crippen molar-refractivity contribution in [1.29, 1.82) is 0 Å². The van der Waals surface area contributed by atoms with Gasteiger partial charge in [0.25, 0.3) is 5.91 Å². The summed E-state index contributed by atoms with van der Waals surface area (Å²) in [5.41, 5.74) is 4.55. The quantitative estimate of drug-likeness (QED) is 0.368. The van der Waals surface area contributed by atoms with Gasteiger partial charge in [-0.25, -0.2) is 4.98 Å². The van der Waals surface area contributed by atoms with Crippen molar-refractivity contribution in [1.82, 2.24) is 24.4 Å². The third-order valence-corrected chi connectivity index (χ3v) is 7.57. The summed E-state index contributed by atoms with van der Waals surface area (Å²) in [6.07, 6.45) is 4.14. The predicted molar refractivity (Wildman–Crippen MR) is 153 cm³/mol. The molecule has 0 spiro atoms. The number of ether oxygens (including phenoxy) is 1. The summed E-state index contributed by atoms with van der Waals surface area (Å²) >= 11 is 6.11. The number of carbonyl (C=O) groups is 1. The Balaban J connectivity index is 1.25. The number of aromatic nitrogens is 4. The zero-order valence-electron chi connectivity index (χ0n) is 22.0. The Labute approximate surface area is 232 Å². The van der Waals surface area contributed by atoms with Crippen molar-refractivity contribution in [3.05, 3.63) is 76.6 Å². The van der Waals surface area contributed by atoms with E-state index < -0.39 is 0 Å². The van der Waals surface area contributed by atoms with E-state index in [0.29, 0.717) is 61.6 Å². The van der Waals surface area contributed by atoms with Gasteiger partial charge >= 0.3 is 0 Å². The van der Waals surface area contributed by atoms with Crippen LogP contribution in [0.5, 0.6) is 0 Å². The molecule has 39 heavy (non-hydrogen) atoms. The number of anilines is 2. The normalized spacial score (nSPS) is 17.6. The molecule has 2 aliphatic heterocycles. The van der Waals surface area contributed by atoms with Gasteiger partial charge in [-0.3, -0.25) is 4.79 Å². The molecule has 1 N–H and O–H groups in total. The Morgan fingerprint density at radius 1 is 1.10 bits per heavy atom. The molecule has 2 aromatic heterocycles. The van der Waals surface area contributed by atoms with Crippen LogP contribution in [0.3, 0.4) is 0 Å². The number of rotatable bonds is 7. The predicted octanol–water partition coefficient (Wildman–Crippen LogP) is 4.39. The van der Waals surface area contributed by atoms with Gasteiger partial charge in [-0.1, -0.05) is 47.5 Å². The number of hydrogen-bond donors (Lipinski definition) is 1. The van der Waals surface area contributed by atoms with E-state index in [0.717, 1.165) is 30.6 Å². The third kappa shape index (κ3) is 5.69. The molecule has 1 atom stereocenters. The number of nitrogens with zero attached hydrogens (tertiary/aromatic N) is 6. The summed E-state index contributed by atoms with van der Waals surface area (Å²) in [6.45, 7) is 6.67. The minimum absolute atomic E-state index is 0.0105. The van der Waals surface area contributed by atoms with Crippen molar-refractivity contribution in [3.63, 3.8) is 0 Å². The highest BCUT2D eigenvalue weighted by atomic mass is 35.5. The number of imidazole rings is 1. The van der Waals surface area contributed by atoms with E-state index in [9.17, 15) is 4.79 Å². The maximum Gasteiger partial charge on any atom is 0.254 e. The number of piperazine rings is 1. The highest BCUT2D eigenvalue weighted by molar-refractivity contribution is 6.30. The van der Waals surface area contributed by atoms with Crippen LogP contribution >= 0.6 is 11.6 Å². The lowest BCUT2D eigenvalue weighted by Gasteiger charge is -2.35. The summed E-state index contributed by atoms with van der Waals surface area (Å²) in [7, 11) is 0. The highest BCUT2D eigenvalue weighted by Crippen LogP contribution is 2.25. The fourth-order valence-electron chi connectivity index (χ4n) is 5.25. The van der Waals surface area contributed by atoms with Gasteiger partial charge in [0.1, 0.15) is 0 Å². The molecule has 2 saturated heterocycles. The Morgan fingerprint density at radius 2 is 1.95 bits per heavy atom. The lowest BCUT2D eigenvalue weighted by atomic mass is 10.1. The van der Waals surface area contributed by atoms with E-state index >= 15 is 0 Å². The molecule has 0 saturated carbocycles. The molecule has 0 aliphatic carbocycles. The standard InChI is InChI=1S/C29H32ClN7O2/c1-20-5-2-6-21(15-20)18-37-19-32-25-26(31-17-24-9-4-14-39-24)33-29(34-27(25)37)36-12-10-35(11-13-36)28(38)22-7-3-8-23(30)16-22/h2-3,5-8,15-16,19,24H,4,9-14,17-18H2,1H3,(H,31,33,34). The van der Waals surface area contributed by atoms with E-state index in [4.69, 9.17) is 31.3 Å². The van der Waals surface area contributed by atoms with Gasteiger partial charge in [0.2, 0.25) is 5.95 Å². The average molecular weight is 546 g/mol. The van der Waals surface area contributed by atoms with E-state index in [1.165, 1.54) is 11.1 Å². The lowest BCUT2D eigenvalue weighted by Crippen LogP contribution is -2.49. The van der Waals surface area contributed by atoms with Crippen LogP contribution in [0.1, 0.15) is 34.3 Å². The largest absolute Gasteiger partial charge is 0.376 e. The van der Waals surface area contributed by atoms with Crippen LogP contribution in [0.2, 0.25) is 5.02 Å². The first-order valence-corrected chi connectivity index (χ1v) is 13.8. The van der Waals surface area contributed by atoms with E-state index in [-0.39, 0.29) is 12.0 Å². The molecule has 4 aromatic rings. The minimum Gasteiger partial charge on any atom is -0.376 e. The first-order valence-electron chi connectivity index (χ1n) is 13.5. The highest BCUT2D eigenvalue weighted by Gasteiger charge is 2.26. The van der Waals surface area contributed by atoms with Crippen LogP contribution in [0, 0.1) is 6.92 Å². The number of nitrogens with one attached hydrogen (secondary N) is 1. The zero-order chi connectivity index (χ0) is 26.8. The number of amides is 1. The van der Waals surface area contributed by atoms with Gasteiger partial charge in [-0.05, 0) is 43.5 Å². The molecule has 10 heteroatoms. The molecule has 2 fully saturated rings. The van der Waals surface area contributed by atoms with E-state index in [2.05, 4.69) is 46.0 Å². The maximum atomic E-state index is 13.0. The van der Waals surface area contributed by atoms with Crippen LogP contribution in [-0.4, -0.2) is 75.8 Å². The smallest absolute Gasteiger partial charge is 0.254 e. The summed E-state index contributed by atoms with van der Waals surface area (Å²) < 4.78 is 7.89. The minimum atomic E-state index is -0.0105. The topological polar surface area (TPSA) is 88.4 Å². The average Bonchev–Trinajstić information content (AvgIpc) is 3.62. The Bertz CT molecular complexity index is 1480. The fraction of sp³-hybridized carbons (Fsp3) is 0.379. The monoisotopic (exact) mass is 545 g/mol. The van der Waals surface area contributed by atoms with Crippen molar-refractivity contribution in [2.75, 3.05) is 49.5 Å². The third-order valence-electron chi connectivity index (χ3n) is 7.33. The molecular formula is C29H32ClN7O2. The Hall–Kier alpha value is -3.69. The summed E-state index contributed by atoms with van der Waals surface area (Å²) in [5, 5.41) is 4.06. The van der Waals surface area contributed by atoms with Gasteiger partial charge in [0.15, 0.2) is 17.0 Å². The maximum absolute atomic E-state index is 13.0. The molecule has 6 rings (SSSR count). The first kappa shape index (κ1) is 25.6. The van der Waals surface area contributed by atoms with Crippen LogP contribution in [0.15, 0.2) is 54.9 Å². The molecule has 0 bridgehead atoms. The summed E-state index contributed by atoms with van der Waals surface area (Å²) in [6, 6.07) is 15.6. The van der Waals surface area contributed by atoms with Crippen LogP contribution < -0.4 is 10.2 Å². The second-order valence-electron chi connectivity index (χ2n) is 10.2. The molecule has 0 radical (unpaired) electrons. The van der Waals surface area contributed by atoms with Crippen molar-refractivity contribution in [3.8, 4) is 0 Å². The van der Waals surface area contributed by atoms with Gasteiger partial charge in [-0.15, -0.1) is 0 Å². The molecule has 2 aromatic carbocycles. The Kier molecular flexibility index (Phi) is 7.34. The Morgan fingerprint density at radius 3 is 2.72 bits per heavy atom. The second-order valence-corrected chi connectivity index (χ2v) is 10.6. The number of fused-ring (bicyclic) bond motifs is 1. The van der Waals surface area contributed by atoms with Crippen molar-refractivity contribution >= 4 is 40.4 Å². The van der Waals surface area contributed by atoms with Crippen LogP contribution in [-0.2, 0) is 11.3 Å². The summed E-state index contributed by atoms with van der Waals surface area (Å²) in [4.78, 5) is 31.6. The molecule has 4 heterocycles. The zero-order valence-corrected chi connectivity index (χ0v) is 22.8.